The largest absolute Gasteiger partial charge is 0.464 e. The summed E-state index contributed by atoms with van der Waals surface area (Å²) in [4.78, 5) is 42.6. The van der Waals surface area contributed by atoms with E-state index in [1.807, 2.05) is 0 Å². The Bertz CT molecular complexity index is 1500. The van der Waals surface area contributed by atoms with E-state index in [0.29, 0.717) is 27.1 Å². The average molecular weight is 519 g/mol. The molecule has 1 aromatic heterocycles. The van der Waals surface area contributed by atoms with E-state index in [4.69, 9.17) is 16.0 Å². The molecule has 1 heterocycles. The molecule has 0 atom stereocenters. The minimum atomic E-state index is -0.408. The molecule has 0 aliphatic rings. The number of nitrogens with zero attached hydrogens (tertiary/aromatic N) is 2. The molecular formula is C29H24ClFN2O4. The van der Waals surface area contributed by atoms with E-state index in [9.17, 15) is 18.8 Å². The monoisotopic (exact) mass is 518 g/mol. The molecule has 188 valence electrons. The Kier molecular flexibility index (Phi) is 8.15. The first-order valence-electron chi connectivity index (χ1n) is 11.5. The number of rotatable bonds is 9. The Morgan fingerprint density at radius 3 is 2.46 bits per heavy atom. The second-order valence-corrected chi connectivity index (χ2v) is 8.88. The van der Waals surface area contributed by atoms with Crippen LogP contribution in [0.25, 0.3) is 11.0 Å². The van der Waals surface area contributed by atoms with Crippen LogP contribution in [0, 0.1) is 5.82 Å². The first-order chi connectivity index (χ1) is 17.9. The number of hydrogen-bond acceptors (Lipinski definition) is 4. The van der Waals surface area contributed by atoms with Crippen molar-refractivity contribution >= 4 is 34.4 Å². The highest BCUT2D eigenvalue weighted by atomic mass is 35.5. The van der Waals surface area contributed by atoms with Gasteiger partial charge in [-0.2, -0.15) is 0 Å². The molecule has 0 aliphatic carbocycles. The number of fused-ring (bicyclic) bond motifs is 1. The first kappa shape index (κ1) is 25.9. The molecule has 0 spiro atoms. The fourth-order valence-electron chi connectivity index (χ4n) is 3.92. The molecule has 0 bridgehead atoms. The fraction of sp³-hybridized carbons (Fsp3) is 0.138. The highest BCUT2D eigenvalue weighted by Crippen LogP contribution is 2.16. The summed E-state index contributed by atoms with van der Waals surface area (Å²) in [7, 11) is 0. The van der Waals surface area contributed by atoms with Crippen molar-refractivity contribution < 1.29 is 18.4 Å². The van der Waals surface area contributed by atoms with Gasteiger partial charge in [-0.1, -0.05) is 48.0 Å². The van der Waals surface area contributed by atoms with Gasteiger partial charge in [0.05, 0.1) is 23.8 Å². The van der Waals surface area contributed by atoms with Crippen LogP contribution in [0.2, 0.25) is 5.02 Å². The Morgan fingerprint density at radius 2 is 1.73 bits per heavy atom. The van der Waals surface area contributed by atoms with Crippen LogP contribution in [0.1, 0.15) is 21.5 Å². The van der Waals surface area contributed by atoms with Crippen molar-refractivity contribution in [3.63, 3.8) is 0 Å². The van der Waals surface area contributed by atoms with E-state index < -0.39 is 11.7 Å². The SMILES string of the molecule is C=CCN(CC(=O)N(Cc1ccc(F)cc1)Cc1coc2ccccc2c1=O)C(=O)c1cccc(Cl)c1. The maximum absolute atomic E-state index is 13.5. The third kappa shape index (κ3) is 6.32. The van der Waals surface area contributed by atoms with Crippen LogP contribution in [-0.2, 0) is 17.9 Å². The molecule has 0 saturated carbocycles. The Balaban J connectivity index is 1.63. The Hall–Kier alpha value is -4.23. The molecule has 0 unspecified atom stereocenters. The molecule has 0 N–H and O–H groups in total. The van der Waals surface area contributed by atoms with Gasteiger partial charge in [-0.25, -0.2) is 4.39 Å². The molecule has 4 rings (SSSR count). The summed E-state index contributed by atoms with van der Waals surface area (Å²) in [6.07, 6.45) is 2.87. The summed E-state index contributed by atoms with van der Waals surface area (Å²) in [6, 6.07) is 19.0. The molecule has 0 aliphatic heterocycles. The minimum absolute atomic E-state index is 0.0589. The van der Waals surface area contributed by atoms with Gasteiger partial charge >= 0.3 is 0 Å². The average Bonchev–Trinajstić information content (AvgIpc) is 2.90. The van der Waals surface area contributed by atoms with E-state index in [-0.39, 0.29) is 43.1 Å². The standard InChI is InChI=1S/C29H24ClFN2O4/c1-2-14-32(29(36)21-6-5-7-23(30)15-21)18-27(34)33(16-20-10-12-24(31)13-11-20)17-22-19-37-26-9-4-3-8-25(26)28(22)35/h2-13,15,19H,1,14,16-18H2. The molecule has 0 fully saturated rings. The lowest BCUT2D eigenvalue weighted by Gasteiger charge is -2.27. The topological polar surface area (TPSA) is 70.8 Å². The van der Waals surface area contributed by atoms with E-state index in [0.717, 1.165) is 0 Å². The summed E-state index contributed by atoms with van der Waals surface area (Å²) in [5.74, 6) is -1.20. The molecule has 8 heteroatoms. The summed E-state index contributed by atoms with van der Waals surface area (Å²) in [5.41, 5.74) is 1.47. The summed E-state index contributed by atoms with van der Waals surface area (Å²) in [6.45, 7) is 3.59. The molecule has 37 heavy (non-hydrogen) atoms. The van der Waals surface area contributed by atoms with Crippen molar-refractivity contribution in [3.05, 3.63) is 129 Å². The summed E-state index contributed by atoms with van der Waals surface area (Å²) < 4.78 is 19.1. The van der Waals surface area contributed by atoms with E-state index in [1.54, 1.807) is 54.6 Å². The van der Waals surface area contributed by atoms with E-state index >= 15 is 0 Å². The number of halogens is 2. The van der Waals surface area contributed by atoms with Crippen LogP contribution in [0.5, 0.6) is 0 Å². The van der Waals surface area contributed by atoms with Crippen LogP contribution in [-0.4, -0.2) is 34.7 Å². The van der Waals surface area contributed by atoms with Gasteiger partial charge in [0, 0.05) is 23.7 Å². The Morgan fingerprint density at radius 1 is 0.973 bits per heavy atom. The van der Waals surface area contributed by atoms with Crippen LogP contribution in [0.3, 0.4) is 0 Å². The first-order valence-corrected chi connectivity index (χ1v) is 11.9. The van der Waals surface area contributed by atoms with Crippen LogP contribution < -0.4 is 5.43 Å². The molecule has 0 saturated heterocycles. The van der Waals surface area contributed by atoms with Gasteiger partial charge in [0.15, 0.2) is 5.43 Å². The lowest BCUT2D eigenvalue weighted by atomic mass is 10.1. The number of para-hydroxylation sites is 1. The third-order valence-electron chi connectivity index (χ3n) is 5.79. The summed E-state index contributed by atoms with van der Waals surface area (Å²) >= 11 is 6.04. The zero-order chi connectivity index (χ0) is 26.4. The van der Waals surface area contributed by atoms with Crippen LogP contribution in [0.4, 0.5) is 4.39 Å². The minimum Gasteiger partial charge on any atom is -0.464 e. The number of hydrogen-bond donors (Lipinski definition) is 0. The summed E-state index contributed by atoms with van der Waals surface area (Å²) in [5, 5.41) is 0.801. The van der Waals surface area contributed by atoms with Crippen molar-refractivity contribution in [2.75, 3.05) is 13.1 Å². The van der Waals surface area contributed by atoms with Gasteiger partial charge < -0.3 is 14.2 Å². The molecule has 3 aromatic carbocycles. The van der Waals surface area contributed by atoms with Crippen molar-refractivity contribution in [2.45, 2.75) is 13.1 Å². The van der Waals surface area contributed by atoms with E-state index in [2.05, 4.69) is 6.58 Å². The Labute approximate surface area is 218 Å². The van der Waals surface area contributed by atoms with Crippen LogP contribution >= 0.6 is 11.6 Å². The smallest absolute Gasteiger partial charge is 0.254 e. The lowest BCUT2D eigenvalue weighted by Crippen LogP contribution is -2.43. The van der Waals surface area contributed by atoms with Gasteiger partial charge in [-0.3, -0.25) is 14.4 Å². The fourth-order valence-corrected chi connectivity index (χ4v) is 4.11. The second-order valence-electron chi connectivity index (χ2n) is 8.45. The highest BCUT2D eigenvalue weighted by Gasteiger charge is 2.23. The van der Waals surface area contributed by atoms with Crippen molar-refractivity contribution in [1.82, 2.24) is 9.80 Å². The van der Waals surface area contributed by atoms with Crippen LogP contribution in [0.15, 0.2) is 101 Å². The van der Waals surface area contributed by atoms with Gasteiger partial charge in [0.2, 0.25) is 5.91 Å². The zero-order valence-electron chi connectivity index (χ0n) is 19.9. The van der Waals surface area contributed by atoms with Crippen molar-refractivity contribution in [1.29, 1.82) is 0 Å². The molecule has 0 radical (unpaired) electrons. The zero-order valence-corrected chi connectivity index (χ0v) is 20.7. The molecule has 2 amide bonds. The van der Waals surface area contributed by atoms with Gasteiger partial charge in [0.1, 0.15) is 17.9 Å². The van der Waals surface area contributed by atoms with Gasteiger partial charge in [-0.15, -0.1) is 6.58 Å². The third-order valence-corrected chi connectivity index (χ3v) is 6.02. The number of amides is 2. The predicted molar refractivity (Wildman–Crippen MR) is 141 cm³/mol. The van der Waals surface area contributed by atoms with Crippen molar-refractivity contribution in [2.24, 2.45) is 0 Å². The molecule has 4 aromatic rings. The number of carbonyl (C=O) groups excluding carboxylic acids is 2. The van der Waals surface area contributed by atoms with Gasteiger partial charge in [-0.05, 0) is 48.0 Å². The number of carbonyl (C=O) groups is 2. The maximum Gasteiger partial charge on any atom is 0.254 e. The van der Waals surface area contributed by atoms with Crippen molar-refractivity contribution in [3.8, 4) is 0 Å². The quantitative estimate of drug-likeness (QED) is 0.276. The normalized spacial score (nSPS) is 10.8. The number of benzene rings is 3. The lowest BCUT2D eigenvalue weighted by molar-refractivity contribution is -0.133. The predicted octanol–water partition coefficient (Wildman–Crippen LogP) is 5.44. The van der Waals surface area contributed by atoms with E-state index in [1.165, 1.54) is 40.3 Å². The highest BCUT2D eigenvalue weighted by molar-refractivity contribution is 6.31. The maximum atomic E-state index is 13.5. The molecular weight excluding hydrogens is 495 g/mol. The van der Waals surface area contributed by atoms with Gasteiger partial charge in [0.25, 0.3) is 5.91 Å². The molecule has 6 nitrogen and oxygen atoms in total. The second kappa shape index (κ2) is 11.7.